The third kappa shape index (κ3) is 13.2. The number of rotatable bonds is 19. The lowest BCUT2D eigenvalue weighted by atomic mass is 9.73. The van der Waals surface area contributed by atoms with Gasteiger partial charge in [0.05, 0.1) is 21.7 Å². The van der Waals surface area contributed by atoms with Crippen molar-refractivity contribution in [2.45, 2.75) is 110 Å². The van der Waals surface area contributed by atoms with E-state index in [1.54, 1.807) is 12.1 Å². The fourth-order valence-corrected chi connectivity index (χ4v) is 16.0. The van der Waals surface area contributed by atoms with Crippen molar-refractivity contribution < 1.29 is 58.4 Å². The predicted octanol–water partition coefficient (Wildman–Crippen LogP) is 9.00. The smallest absolute Gasteiger partial charge is 0.380 e. The Kier molecular flexibility index (Phi) is 17.6. The van der Waals surface area contributed by atoms with Gasteiger partial charge in [0.1, 0.15) is 16.8 Å². The number of hydrogen-bond donors (Lipinski definition) is 3. The van der Waals surface area contributed by atoms with E-state index >= 15 is 4.39 Å². The van der Waals surface area contributed by atoms with Crippen LogP contribution in [0.15, 0.2) is 129 Å². The van der Waals surface area contributed by atoms with Gasteiger partial charge in [0.2, 0.25) is 11.8 Å². The van der Waals surface area contributed by atoms with Crippen molar-refractivity contribution in [3.63, 3.8) is 0 Å². The van der Waals surface area contributed by atoms with Crippen molar-refractivity contribution in [2.75, 3.05) is 68.3 Å². The van der Waals surface area contributed by atoms with Gasteiger partial charge in [0.25, 0.3) is 37.6 Å². The Bertz CT molecular complexity index is 3790. The van der Waals surface area contributed by atoms with Crippen molar-refractivity contribution >= 4 is 89.7 Å². The number of hydrogen-bond acceptors (Lipinski definition) is 15. The SMILES string of the molecule is CC1(C)CCC(c2ccc(Cl)cc2)=C(CN2CCN(c3ccc(C(=O)NS(=O)(=O)c4ccc(N[C@H](CCN5C[C@@H]6C[C@H]5CN6Cc5ccc6c(c5F)C(=O)N(C5CCC(=O)NC5=O)C6=O)CSc5ccccc5)c(S(=O)(=O)C(F)(F)F)c4)cc3)CC2)C1. The van der Waals surface area contributed by atoms with Crippen LogP contribution in [-0.4, -0.2) is 154 Å². The first-order chi connectivity index (χ1) is 41.3. The Balaban J connectivity index is 0.734. The number of thioether (sulfide) groups is 1. The number of amides is 5. The van der Waals surface area contributed by atoms with Gasteiger partial charge in [-0.1, -0.05) is 67.4 Å². The molecular formula is C62H65ClF4N8O9S3. The minimum Gasteiger partial charge on any atom is -0.380 e. The molecular weight excluding hydrogens is 1210 g/mol. The van der Waals surface area contributed by atoms with Gasteiger partial charge in [-0.25, -0.2) is 25.9 Å². The highest BCUT2D eigenvalue weighted by molar-refractivity contribution is 7.99. The van der Waals surface area contributed by atoms with Crippen LogP contribution >= 0.6 is 23.4 Å². The number of benzene rings is 5. The molecule has 5 amide bonds. The summed E-state index contributed by atoms with van der Waals surface area (Å²) in [5.74, 6) is -4.80. The molecule has 4 fully saturated rings. The maximum Gasteiger partial charge on any atom is 0.501 e. The second-order valence-electron chi connectivity index (χ2n) is 23.9. The molecule has 4 atom stereocenters. The molecule has 0 spiro atoms. The zero-order chi connectivity index (χ0) is 61.7. The molecule has 0 aromatic heterocycles. The first kappa shape index (κ1) is 62.0. The molecule has 87 heavy (non-hydrogen) atoms. The van der Waals surface area contributed by atoms with Gasteiger partial charge >= 0.3 is 5.51 Å². The summed E-state index contributed by atoms with van der Waals surface area (Å²) in [5, 5.41) is 5.83. The molecule has 5 heterocycles. The number of alkyl halides is 3. The van der Waals surface area contributed by atoms with Crippen LogP contribution in [0.1, 0.15) is 101 Å². The first-order valence-corrected chi connectivity index (χ1v) is 33.2. The van der Waals surface area contributed by atoms with Crippen LogP contribution < -0.4 is 20.3 Å². The molecule has 5 aromatic rings. The Labute approximate surface area is 511 Å². The lowest BCUT2D eigenvalue weighted by molar-refractivity contribution is -0.136. The zero-order valence-electron chi connectivity index (χ0n) is 47.7. The fraction of sp³-hybridized carbons (Fsp3) is 0.403. The van der Waals surface area contributed by atoms with Crippen molar-refractivity contribution in [1.29, 1.82) is 0 Å². The third-order valence-electron chi connectivity index (χ3n) is 17.5. The largest absolute Gasteiger partial charge is 0.501 e. The molecule has 4 saturated heterocycles. The normalized spacial score (nSPS) is 21.6. The standard InChI is InChI=1S/C62H65ClF4N8O9S3/c1-61(2)24-22-49(38-8-13-42(63)14-9-38)41(32-61)33-71-26-28-72(29-27-71)44-15-10-39(11-16-44)57(77)70-87(83,84)48-17-19-51(53(31-48)86(81,82)62(65,66)67)68-43(37-85-47-6-4-3-5-7-47)23-25-73-35-46-30-45(73)36-74(46)34-40-12-18-50-55(56(40)64)60(80)75(59(50)79)52-20-21-54(76)69-58(52)78/h3-19,31,43,45-46,52,68H,20-30,32-37H2,1-2H3,(H,70,77)(H,69,76,78)/t43-,45+,46+,52?/m1/s1. The molecule has 2 bridgehead atoms. The lowest BCUT2D eigenvalue weighted by Gasteiger charge is -2.39. The van der Waals surface area contributed by atoms with Crippen molar-refractivity contribution in [2.24, 2.45) is 5.41 Å². The van der Waals surface area contributed by atoms with E-state index in [0.717, 1.165) is 61.6 Å². The van der Waals surface area contributed by atoms with Gasteiger partial charge in [0.15, 0.2) is 0 Å². The Morgan fingerprint density at radius 2 is 1.53 bits per heavy atom. The van der Waals surface area contributed by atoms with Crippen LogP contribution in [0.5, 0.6) is 0 Å². The summed E-state index contributed by atoms with van der Waals surface area (Å²) in [4.78, 5) is 72.9. The summed E-state index contributed by atoms with van der Waals surface area (Å²) >= 11 is 7.59. The van der Waals surface area contributed by atoms with E-state index in [1.165, 1.54) is 52.7 Å². The van der Waals surface area contributed by atoms with Gasteiger partial charge in [-0.2, -0.15) is 13.2 Å². The highest BCUT2D eigenvalue weighted by Crippen LogP contribution is 2.44. The van der Waals surface area contributed by atoms with Gasteiger partial charge < -0.3 is 10.2 Å². The number of likely N-dealkylation sites (tertiary alicyclic amines) is 2. The van der Waals surface area contributed by atoms with E-state index in [2.05, 4.69) is 56.2 Å². The van der Waals surface area contributed by atoms with Crippen molar-refractivity contribution in [3.8, 4) is 0 Å². The van der Waals surface area contributed by atoms with Crippen LogP contribution in [0, 0.1) is 11.2 Å². The summed E-state index contributed by atoms with van der Waals surface area (Å²) in [6.07, 6.45) is 3.91. The Morgan fingerprint density at radius 3 is 2.21 bits per heavy atom. The average molecular weight is 1270 g/mol. The molecule has 6 aliphatic rings. The van der Waals surface area contributed by atoms with Crippen LogP contribution in [0.2, 0.25) is 5.02 Å². The molecule has 1 unspecified atom stereocenters. The molecule has 1 aliphatic carbocycles. The average Bonchev–Trinajstić information content (AvgIpc) is 2.25. The highest BCUT2D eigenvalue weighted by Gasteiger charge is 2.50. The summed E-state index contributed by atoms with van der Waals surface area (Å²) in [5.41, 5.74) is -1.80. The fourth-order valence-electron chi connectivity index (χ4n) is 12.9. The van der Waals surface area contributed by atoms with E-state index in [-0.39, 0.29) is 59.3 Å². The number of carbonyl (C=O) groups is 5. The second kappa shape index (κ2) is 24.7. The van der Waals surface area contributed by atoms with E-state index in [1.807, 2.05) is 47.2 Å². The minimum absolute atomic E-state index is 0.0276. The monoisotopic (exact) mass is 1270 g/mol. The highest BCUT2D eigenvalue weighted by atomic mass is 35.5. The third-order valence-corrected chi connectivity index (χ3v) is 21.8. The number of nitrogens with zero attached hydrogens (tertiary/aromatic N) is 5. The number of allylic oxidation sites excluding steroid dienone is 1. The van der Waals surface area contributed by atoms with E-state index in [0.29, 0.717) is 61.6 Å². The number of piperidine rings is 1. The van der Waals surface area contributed by atoms with E-state index in [4.69, 9.17) is 11.6 Å². The molecule has 11 rings (SSSR count). The van der Waals surface area contributed by atoms with E-state index in [9.17, 15) is 54.0 Å². The molecule has 0 radical (unpaired) electrons. The zero-order valence-corrected chi connectivity index (χ0v) is 51.0. The van der Waals surface area contributed by atoms with Gasteiger partial charge in [0, 0.05) is 116 Å². The second-order valence-corrected chi connectivity index (χ2v) is 29.0. The van der Waals surface area contributed by atoms with Crippen LogP contribution in [0.3, 0.4) is 0 Å². The number of imide groups is 2. The van der Waals surface area contributed by atoms with Gasteiger partial charge in [-0.15, -0.1) is 11.8 Å². The number of carbonyl (C=O) groups excluding carboxylic acids is 5. The maximum atomic E-state index is 16.2. The molecule has 17 nitrogen and oxygen atoms in total. The number of nitrogens with one attached hydrogen (secondary N) is 3. The number of sulfone groups is 1. The number of halogens is 5. The van der Waals surface area contributed by atoms with Crippen LogP contribution in [0.4, 0.5) is 28.9 Å². The summed E-state index contributed by atoms with van der Waals surface area (Å²) in [7, 11) is -11.1. The molecule has 25 heteroatoms. The Hall–Kier alpha value is -6.67. The number of sulfonamides is 1. The predicted molar refractivity (Wildman–Crippen MR) is 322 cm³/mol. The topological polar surface area (TPSA) is 206 Å². The molecule has 0 saturated carbocycles. The van der Waals surface area contributed by atoms with E-state index < -0.39 is 93.8 Å². The quantitative estimate of drug-likeness (QED) is 0.0401. The van der Waals surface area contributed by atoms with Crippen molar-refractivity contribution in [1.82, 2.24) is 29.6 Å². The molecule has 5 aromatic carbocycles. The summed E-state index contributed by atoms with van der Waals surface area (Å²) in [6.45, 7) is 9.94. The minimum atomic E-state index is -6.19. The van der Waals surface area contributed by atoms with Crippen LogP contribution in [-0.2, 0) is 36.0 Å². The first-order valence-electron chi connectivity index (χ1n) is 28.8. The lowest BCUT2D eigenvalue weighted by Crippen LogP contribution is -2.54. The Morgan fingerprint density at radius 1 is 0.828 bits per heavy atom. The molecule has 460 valence electrons. The molecule has 5 aliphatic heterocycles. The number of piperazine rings is 2. The van der Waals surface area contributed by atoms with Gasteiger partial charge in [-0.3, -0.25) is 48.9 Å². The number of fused-ring (bicyclic) bond motifs is 3. The van der Waals surface area contributed by atoms with Crippen molar-refractivity contribution in [3.05, 3.63) is 153 Å². The summed E-state index contributed by atoms with van der Waals surface area (Å²) in [6, 6.07) is 26.6. The summed E-state index contributed by atoms with van der Waals surface area (Å²) < 4.78 is 116. The molecule has 3 N–H and O–H groups in total. The maximum absolute atomic E-state index is 16.2. The van der Waals surface area contributed by atoms with Gasteiger partial charge in [-0.05, 0) is 128 Å². The number of anilines is 2. The van der Waals surface area contributed by atoms with Crippen LogP contribution in [0.25, 0.3) is 5.57 Å².